The summed E-state index contributed by atoms with van der Waals surface area (Å²) in [5.41, 5.74) is 2.43. The molecule has 6 rings (SSSR count). The zero-order valence-electron chi connectivity index (χ0n) is 22.7. The SMILES string of the molecule is FCCN1CC(Nc2ccc(Nc3ncc4cccc(-c5cc(OCCN6CCOCC6)ccc5F)c4n3)cn2)C1. The summed E-state index contributed by atoms with van der Waals surface area (Å²) in [6.07, 6.45) is 3.43. The molecule has 0 spiro atoms. The lowest BCUT2D eigenvalue weighted by molar-refractivity contribution is 0.0322. The average molecular weight is 562 g/mol. The van der Waals surface area contributed by atoms with Gasteiger partial charge in [-0.2, -0.15) is 0 Å². The molecule has 2 fully saturated rings. The molecule has 0 saturated carbocycles. The highest BCUT2D eigenvalue weighted by Gasteiger charge is 2.26. The van der Waals surface area contributed by atoms with E-state index in [0.717, 1.165) is 62.8 Å². The first kappa shape index (κ1) is 27.3. The van der Waals surface area contributed by atoms with E-state index in [-0.39, 0.29) is 18.5 Å². The van der Waals surface area contributed by atoms with Crippen LogP contribution in [-0.2, 0) is 4.74 Å². The van der Waals surface area contributed by atoms with Gasteiger partial charge in [-0.25, -0.2) is 23.7 Å². The fourth-order valence-corrected chi connectivity index (χ4v) is 5.11. The van der Waals surface area contributed by atoms with Crippen molar-refractivity contribution < 1.29 is 18.3 Å². The number of likely N-dealkylation sites (tertiary alicyclic amines) is 1. The van der Waals surface area contributed by atoms with Gasteiger partial charge in [-0.05, 0) is 30.3 Å². The number of para-hydroxylation sites is 1. The zero-order valence-corrected chi connectivity index (χ0v) is 22.7. The molecule has 2 saturated heterocycles. The Kier molecular flexibility index (Phi) is 8.45. The maximum Gasteiger partial charge on any atom is 0.227 e. The zero-order chi connectivity index (χ0) is 28.0. The molecule has 0 amide bonds. The molecule has 9 nitrogen and oxygen atoms in total. The first-order valence-corrected chi connectivity index (χ1v) is 13.9. The smallest absolute Gasteiger partial charge is 0.227 e. The van der Waals surface area contributed by atoms with Crippen molar-refractivity contribution in [2.75, 3.05) is 76.4 Å². The number of halogens is 2. The summed E-state index contributed by atoms with van der Waals surface area (Å²) in [7, 11) is 0. The third-order valence-corrected chi connectivity index (χ3v) is 7.35. The van der Waals surface area contributed by atoms with Crippen molar-refractivity contribution in [2.45, 2.75) is 6.04 Å². The Balaban J connectivity index is 1.14. The number of nitrogens with zero attached hydrogens (tertiary/aromatic N) is 5. The van der Waals surface area contributed by atoms with Crippen LogP contribution in [0.2, 0.25) is 0 Å². The fourth-order valence-electron chi connectivity index (χ4n) is 5.11. The quantitative estimate of drug-likeness (QED) is 0.278. The molecule has 4 aromatic rings. The lowest BCUT2D eigenvalue weighted by atomic mass is 10.0. The first-order valence-electron chi connectivity index (χ1n) is 13.9. The van der Waals surface area contributed by atoms with E-state index in [2.05, 4.69) is 30.4 Å². The highest BCUT2D eigenvalue weighted by atomic mass is 19.1. The minimum Gasteiger partial charge on any atom is -0.492 e. The van der Waals surface area contributed by atoms with Crippen LogP contribution in [0.15, 0.2) is 60.9 Å². The van der Waals surface area contributed by atoms with Gasteiger partial charge in [0, 0.05) is 62.0 Å². The number of hydrogen-bond acceptors (Lipinski definition) is 9. The number of alkyl halides is 1. The molecular weight excluding hydrogens is 528 g/mol. The topological polar surface area (TPSA) is 87.7 Å². The number of aromatic nitrogens is 3. The van der Waals surface area contributed by atoms with Crippen LogP contribution in [0.25, 0.3) is 22.0 Å². The van der Waals surface area contributed by atoms with Crippen LogP contribution in [0.3, 0.4) is 0 Å². The minimum absolute atomic E-state index is 0.268. The van der Waals surface area contributed by atoms with Crippen LogP contribution in [0, 0.1) is 5.82 Å². The number of nitrogens with one attached hydrogen (secondary N) is 2. The summed E-state index contributed by atoms with van der Waals surface area (Å²) in [6, 6.07) is 14.5. The van der Waals surface area contributed by atoms with Crippen LogP contribution >= 0.6 is 0 Å². The van der Waals surface area contributed by atoms with E-state index in [1.807, 2.05) is 30.3 Å². The molecule has 2 aromatic heterocycles. The van der Waals surface area contributed by atoms with E-state index in [1.165, 1.54) is 6.07 Å². The van der Waals surface area contributed by atoms with Gasteiger partial charge in [-0.1, -0.05) is 18.2 Å². The molecule has 0 bridgehead atoms. The summed E-state index contributed by atoms with van der Waals surface area (Å²) in [5.74, 6) is 1.39. The van der Waals surface area contributed by atoms with Crippen molar-refractivity contribution in [1.82, 2.24) is 24.8 Å². The molecule has 0 radical (unpaired) electrons. The molecule has 4 heterocycles. The first-order chi connectivity index (χ1) is 20.1. The molecule has 0 unspecified atom stereocenters. The second-order valence-electron chi connectivity index (χ2n) is 10.2. The lowest BCUT2D eigenvalue weighted by Gasteiger charge is -2.39. The third kappa shape index (κ3) is 6.70. The van der Waals surface area contributed by atoms with Crippen molar-refractivity contribution in [3.63, 3.8) is 0 Å². The number of pyridine rings is 1. The normalized spacial score (nSPS) is 16.4. The van der Waals surface area contributed by atoms with Gasteiger partial charge >= 0.3 is 0 Å². The van der Waals surface area contributed by atoms with E-state index in [4.69, 9.17) is 14.5 Å². The van der Waals surface area contributed by atoms with E-state index in [0.29, 0.717) is 41.5 Å². The van der Waals surface area contributed by atoms with Gasteiger partial charge in [0.2, 0.25) is 5.95 Å². The minimum atomic E-state index is -0.349. The molecule has 0 aliphatic carbocycles. The highest BCUT2D eigenvalue weighted by Crippen LogP contribution is 2.32. The van der Waals surface area contributed by atoms with Gasteiger partial charge < -0.3 is 20.1 Å². The number of fused-ring (bicyclic) bond motifs is 1. The van der Waals surface area contributed by atoms with E-state index < -0.39 is 0 Å². The lowest BCUT2D eigenvalue weighted by Crippen LogP contribution is -2.55. The molecule has 41 heavy (non-hydrogen) atoms. The summed E-state index contributed by atoms with van der Waals surface area (Å²) >= 11 is 0. The summed E-state index contributed by atoms with van der Waals surface area (Å²) in [4.78, 5) is 18.0. The van der Waals surface area contributed by atoms with Crippen molar-refractivity contribution in [1.29, 1.82) is 0 Å². The second-order valence-corrected chi connectivity index (χ2v) is 10.2. The molecule has 0 atom stereocenters. The number of hydrogen-bond donors (Lipinski definition) is 2. The standard InChI is InChI=1S/C30H33F2N7O2/c31-8-9-39-19-23(20-39)35-28-7-4-22(18-33-28)36-30-34-17-21-2-1-3-25(29(21)37-30)26-16-24(5-6-27(26)32)41-15-12-38-10-13-40-14-11-38/h1-7,16-18,23H,8-15,19-20H2,(H,33,35)(H,34,36,37). The summed E-state index contributed by atoms with van der Waals surface area (Å²) in [5, 5.41) is 7.35. The van der Waals surface area contributed by atoms with Gasteiger partial charge in [0.05, 0.1) is 36.7 Å². The maximum absolute atomic E-state index is 15.1. The van der Waals surface area contributed by atoms with Crippen molar-refractivity contribution in [2.24, 2.45) is 0 Å². The Labute approximate surface area is 237 Å². The van der Waals surface area contributed by atoms with Crippen LogP contribution in [0.4, 0.5) is 26.2 Å². The monoisotopic (exact) mass is 561 g/mol. The Bertz CT molecular complexity index is 1460. The van der Waals surface area contributed by atoms with Gasteiger partial charge in [0.15, 0.2) is 0 Å². The van der Waals surface area contributed by atoms with Crippen LogP contribution in [0.5, 0.6) is 5.75 Å². The van der Waals surface area contributed by atoms with Crippen molar-refractivity contribution >= 4 is 28.4 Å². The number of morpholine rings is 1. The van der Waals surface area contributed by atoms with Crippen molar-refractivity contribution in [3.8, 4) is 16.9 Å². The fraction of sp³-hybridized carbons (Fsp3) is 0.367. The Hall–Kier alpha value is -3.93. The van der Waals surface area contributed by atoms with E-state index >= 15 is 4.39 Å². The largest absolute Gasteiger partial charge is 0.492 e. The van der Waals surface area contributed by atoms with E-state index in [1.54, 1.807) is 24.5 Å². The van der Waals surface area contributed by atoms with Crippen LogP contribution < -0.4 is 15.4 Å². The predicted octanol–water partition coefficient (Wildman–Crippen LogP) is 4.35. The predicted molar refractivity (Wildman–Crippen MR) is 155 cm³/mol. The van der Waals surface area contributed by atoms with Gasteiger partial charge in [0.1, 0.15) is 30.7 Å². The van der Waals surface area contributed by atoms with Gasteiger partial charge in [-0.15, -0.1) is 0 Å². The molecule has 2 N–H and O–H groups in total. The van der Waals surface area contributed by atoms with Gasteiger partial charge in [-0.3, -0.25) is 9.80 Å². The summed E-state index contributed by atoms with van der Waals surface area (Å²) in [6.45, 7) is 6.33. The maximum atomic E-state index is 15.1. The Morgan fingerprint density at radius 3 is 2.63 bits per heavy atom. The Morgan fingerprint density at radius 1 is 0.951 bits per heavy atom. The van der Waals surface area contributed by atoms with Gasteiger partial charge in [0.25, 0.3) is 0 Å². The van der Waals surface area contributed by atoms with E-state index in [9.17, 15) is 4.39 Å². The number of rotatable bonds is 11. The number of benzene rings is 2. The molecule has 2 aliphatic heterocycles. The molecule has 11 heteroatoms. The van der Waals surface area contributed by atoms with Crippen molar-refractivity contribution in [3.05, 3.63) is 66.7 Å². The number of anilines is 3. The van der Waals surface area contributed by atoms with Crippen LogP contribution in [-0.4, -0.2) is 96.6 Å². The molecule has 2 aliphatic rings. The van der Waals surface area contributed by atoms with Crippen LogP contribution in [0.1, 0.15) is 0 Å². The number of ether oxygens (including phenoxy) is 2. The highest BCUT2D eigenvalue weighted by molar-refractivity contribution is 5.94. The average Bonchev–Trinajstić information content (AvgIpc) is 2.98. The second kappa shape index (κ2) is 12.7. The molecular formula is C30H33F2N7O2. The third-order valence-electron chi connectivity index (χ3n) is 7.35. The molecule has 214 valence electrons. The summed E-state index contributed by atoms with van der Waals surface area (Å²) < 4.78 is 38.9. The Morgan fingerprint density at radius 2 is 1.83 bits per heavy atom. The molecule has 2 aromatic carbocycles.